The molecule has 0 saturated carbocycles. The monoisotopic (exact) mass is 453 g/mol. The molecule has 0 bridgehead atoms. The molecule has 33 heavy (non-hydrogen) atoms. The van der Waals surface area contributed by atoms with E-state index in [4.69, 9.17) is 12.2 Å². The zero-order valence-electron chi connectivity index (χ0n) is 18.1. The molecule has 2 amide bonds. The van der Waals surface area contributed by atoms with Crippen LogP contribution in [0.2, 0.25) is 0 Å². The fourth-order valence-corrected chi connectivity index (χ4v) is 3.89. The average Bonchev–Trinajstić information content (AvgIpc) is 2.79. The van der Waals surface area contributed by atoms with Gasteiger partial charge in [0.15, 0.2) is 5.11 Å². The molecule has 164 valence electrons. The van der Waals surface area contributed by atoms with Gasteiger partial charge in [-0.25, -0.2) is 0 Å². The Labute approximate surface area is 197 Å². The van der Waals surface area contributed by atoms with Gasteiger partial charge in [-0.2, -0.15) is 0 Å². The quantitative estimate of drug-likeness (QED) is 0.351. The molecule has 0 aliphatic rings. The fourth-order valence-electron chi connectivity index (χ4n) is 3.65. The van der Waals surface area contributed by atoms with Gasteiger partial charge in [-0.1, -0.05) is 66.7 Å². The number of rotatable bonds is 5. The van der Waals surface area contributed by atoms with Crippen LogP contribution in [0.25, 0.3) is 10.8 Å². The third kappa shape index (κ3) is 5.61. The second kappa shape index (κ2) is 10.1. The van der Waals surface area contributed by atoms with Crippen LogP contribution in [0.5, 0.6) is 0 Å². The van der Waals surface area contributed by atoms with Crippen molar-refractivity contribution in [1.29, 1.82) is 0 Å². The van der Waals surface area contributed by atoms with Crippen LogP contribution in [-0.2, 0) is 11.2 Å². The van der Waals surface area contributed by atoms with Crippen LogP contribution in [0.4, 0.5) is 11.4 Å². The molecule has 0 saturated heterocycles. The van der Waals surface area contributed by atoms with Crippen molar-refractivity contribution in [2.45, 2.75) is 13.3 Å². The van der Waals surface area contributed by atoms with Gasteiger partial charge in [0, 0.05) is 16.9 Å². The summed E-state index contributed by atoms with van der Waals surface area (Å²) in [6, 6.07) is 28.4. The first-order valence-corrected chi connectivity index (χ1v) is 10.9. The van der Waals surface area contributed by atoms with Crippen LogP contribution in [-0.4, -0.2) is 16.9 Å². The molecule has 4 aromatic carbocycles. The predicted octanol–water partition coefficient (Wildman–Crippen LogP) is 5.46. The maximum Gasteiger partial charge on any atom is 0.255 e. The molecular formula is C27H23N3O2S. The lowest BCUT2D eigenvalue weighted by molar-refractivity contribution is -0.119. The summed E-state index contributed by atoms with van der Waals surface area (Å²) in [5.41, 5.74) is 3.74. The Balaban J connectivity index is 1.37. The molecule has 0 heterocycles. The van der Waals surface area contributed by atoms with E-state index in [-0.39, 0.29) is 23.3 Å². The van der Waals surface area contributed by atoms with Crippen LogP contribution in [0.15, 0.2) is 91.0 Å². The summed E-state index contributed by atoms with van der Waals surface area (Å²) >= 11 is 5.32. The number of fused-ring (bicyclic) bond motifs is 1. The number of amides is 2. The molecule has 0 aliphatic carbocycles. The molecule has 0 aromatic heterocycles. The van der Waals surface area contributed by atoms with Gasteiger partial charge in [0.05, 0.1) is 6.42 Å². The van der Waals surface area contributed by atoms with Crippen LogP contribution in [0.1, 0.15) is 21.5 Å². The summed E-state index contributed by atoms with van der Waals surface area (Å²) in [4.78, 5) is 25.1. The smallest absolute Gasteiger partial charge is 0.255 e. The molecule has 0 atom stereocenters. The Morgan fingerprint density at radius 2 is 1.45 bits per heavy atom. The van der Waals surface area contributed by atoms with E-state index >= 15 is 0 Å². The van der Waals surface area contributed by atoms with Crippen molar-refractivity contribution in [3.05, 3.63) is 108 Å². The summed E-state index contributed by atoms with van der Waals surface area (Å²) in [6.07, 6.45) is 0.218. The van der Waals surface area contributed by atoms with Crippen molar-refractivity contribution in [3.63, 3.8) is 0 Å². The summed E-state index contributed by atoms with van der Waals surface area (Å²) in [6.45, 7) is 1.90. The first-order valence-electron chi connectivity index (χ1n) is 10.5. The van der Waals surface area contributed by atoms with Gasteiger partial charge in [0.25, 0.3) is 5.91 Å². The summed E-state index contributed by atoms with van der Waals surface area (Å²) in [5.74, 6) is -0.385. The number of carbonyl (C=O) groups excluding carboxylic acids is 2. The molecule has 4 rings (SSSR count). The second-order valence-corrected chi connectivity index (χ2v) is 8.08. The Hall–Kier alpha value is -4.03. The zero-order valence-corrected chi connectivity index (χ0v) is 18.9. The Bertz CT molecular complexity index is 1340. The van der Waals surface area contributed by atoms with Crippen LogP contribution in [0, 0.1) is 6.92 Å². The topological polar surface area (TPSA) is 70.2 Å². The predicted molar refractivity (Wildman–Crippen MR) is 138 cm³/mol. The third-order valence-electron chi connectivity index (χ3n) is 5.25. The van der Waals surface area contributed by atoms with E-state index in [1.807, 2.05) is 73.7 Å². The summed E-state index contributed by atoms with van der Waals surface area (Å²) in [7, 11) is 0. The molecule has 0 fully saturated rings. The molecule has 0 spiro atoms. The van der Waals surface area contributed by atoms with E-state index in [1.54, 1.807) is 24.3 Å². The van der Waals surface area contributed by atoms with Crippen molar-refractivity contribution in [1.82, 2.24) is 5.32 Å². The normalized spacial score (nSPS) is 10.5. The number of thiocarbonyl (C=S) groups is 1. The SMILES string of the molecule is Cc1ccccc1C(=O)Nc1cccc(NC(=S)NC(=O)Cc2cccc3ccccc23)c1. The molecule has 0 aliphatic heterocycles. The second-order valence-electron chi connectivity index (χ2n) is 7.67. The lowest BCUT2D eigenvalue weighted by atomic mass is 10.0. The minimum Gasteiger partial charge on any atom is -0.332 e. The van der Waals surface area contributed by atoms with E-state index in [0.717, 1.165) is 21.9 Å². The van der Waals surface area contributed by atoms with Gasteiger partial charge in [0.1, 0.15) is 0 Å². The molecule has 6 heteroatoms. The molecule has 0 radical (unpaired) electrons. The highest BCUT2D eigenvalue weighted by Gasteiger charge is 2.11. The highest BCUT2D eigenvalue weighted by atomic mass is 32.1. The van der Waals surface area contributed by atoms with Crippen molar-refractivity contribution in [2.75, 3.05) is 10.6 Å². The lowest BCUT2D eigenvalue weighted by Gasteiger charge is -2.12. The number of hydrogen-bond donors (Lipinski definition) is 3. The van der Waals surface area contributed by atoms with Crippen LogP contribution >= 0.6 is 12.2 Å². The molecule has 0 unspecified atom stereocenters. The number of benzene rings is 4. The highest BCUT2D eigenvalue weighted by molar-refractivity contribution is 7.80. The largest absolute Gasteiger partial charge is 0.332 e. The number of nitrogens with one attached hydrogen (secondary N) is 3. The van der Waals surface area contributed by atoms with E-state index in [1.165, 1.54) is 0 Å². The first-order chi connectivity index (χ1) is 16.0. The van der Waals surface area contributed by atoms with Crippen molar-refractivity contribution < 1.29 is 9.59 Å². The van der Waals surface area contributed by atoms with E-state index < -0.39 is 0 Å². The number of aryl methyl sites for hydroxylation is 1. The lowest BCUT2D eigenvalue weighted by Crippen LogP contribution is -2.35. The average molecular weight is 454 g/mol. The van der Waals surface area contributed by atoms with Gasteiger partial charge in [-0.15, -0.1) is 0 Å². The third-order valence-corrected chi connectivity index (χ3v) is 5.46. The van der Waals surface area contributed by atoms with Crippen LogP contribution < -0.4 is 16.0 Å². The Kier molecular flexibility index (Phi) is 6.76. The fraction of sp³-hybridized carbons (Fsp3) is 0.0741. The van der Waals surface area contributed by atoms with Crippen LogP contribution in [0.3, 0.4) is 0 Å². The van der Waals surface area contributed by atoms with Gasteiger partial charge < -0.3 is 16.0 Å². The highest BCUT2D eigenvalue weighted by Crippen LogP contribution is 2.19. The van der Waals surface area contributed by atoms with Gasteiger partial charge in [0.2, 0.25) is 5.91 Å². The number of hydrogen-bond acceptors (Lipinski definition) is 3. The van der Waals surface area contributed by atoms with Crippen molar-refractivity contribution >= 4 is 51.3 Å². The van der Waals surface area contributed by atoms with E-state index in [0.29, 0.717) is 16.9 Å². The number of carbonyl (C=O) groups is 2. The molecule has 4 aromatic rings. The Morgan fingerprint density at radius 1 is 0.788 bits per heavy atom. The maximum absolute atomic E-state index is 12.6. The minimum absolute atomic E-state index is 0.184. The van der Waals surface area contributed by atoms with E-state index in [2.05, 4.69) is 16.0 Å². The minimum atomic E-state index is -0.201. The van der Waals surface area contributed by atoms with Gasteiger partial charge in [-0.3, -0.25) is 9.59 Å². The first kappa shape index (κ1) is 22.2. The molecule has 5 nitrogen and oxygen atoms in total. The maximum atomic E-state index is 12.6. The molecular weight excluding hydrogens is 430 g/mol. The Morgan fingerprint density at radius 3 is 2.27 bits per heavy atom. The summed E-state index contributed by atoms with van der Waals surface area (Å²) in [5, 5.41) is 11.0. The summed E-state index contributed by atoms with van der Waals surface area (Å²) < 4.78 is 0. The van der Waals surface area contributed by atoms with Gasteiger partial charge in [-0.05, 0) is 65.3 Å². The molecule has 3 N–H and O–H groups in total. The van der Waals surface area contributed by atoms with Crippen molar-refractivity contribution in [2.24, 2.45) is 0 Å². The van der Waals surface area contributed by atoms with Gasteiger partial charge >= 0.3 is 0 Å². The van der Waals surface area contributed by atoms with E-state index in [9.17, 15) is 9.59 Å². The number of anilines is 2. The van der Waals surface area contributed by atoms with Crippen molar-refractivity contribution in [3.8, 4) is 0 Å². The zero-order chi connectivity index (χ0) is 23.2. The standard InChI is InChI=1S/C27H23N3O2S/c1-18-8-2-4-14-23(18)26(32)28-21-12-7-13-22(17-21)29-27(33)30-25(31)16-20-11-6-10-19-9-3-5-15-24(19)20/h2-15,17H,16H2,1H3,(H,28,32)(H2,29,30,31,33).